The molecule has 16 aromatic rings. The maximum atomic E-state index is 2.51. The Balaban J connectivity index is 0.878. The maximum Gasteiger partial charge on any atom is 0.0701 e. The first-order valence-electron chi connectivity index (χ1n) is 38.9. The van der Waals surface area contributed by atoms with Crippen molar-refractivity contribution >= 4 is 77.2 Å². The van der Waals surface area contributed by atoms with Gasteiger partial charge in [-0.2, -0.15) is 0 Å². The second-order valence-corrected chi connectivity index (χ2v) is 29.7. The molecule has 0 fully saturated rings. The standard InChI is InChI=1S/C105H94N2/c1-9-27-75-43-55-97(101-39-23-19-35-93(75)101)79-59-71(5)63-89(67-79)106(90-64-72(6)60-80(68-90)98-56-44-76(28-10-2)94-36-20-24-40-102(94)98)87-51-47-85(48-52-87)105(83-31-15-13-16-32-83,84-33-17-14-18-34-84)86-49-53-88(54-50-86)107(91-65-73(7)61-81(69-91)99-57-45-77(29-11-3)95-37-21-25-41-103(95)99)92-66-74(8)62-82(70-92)100-58-46-78(30-12-4)96-38-22-26-42-104(96)100/h13-26,31-70H,9-12,27-30H2,1-8H3. The molecule has 107 heavy (non-hydrogen) atoms. The van der Waals surface area contributed by atoms with Crippen LogP contribution in [0.25, 0.3) is 87.6 Å². The number of rotatable bonds is 22. The van der Waals surface area contributed by atoms with Crippen LogP contribution in [0.3, 0.4) is 0 Å². The van der Waals surface area contributed by atoms with Gasteiger partial charge >= 0.3 is 0 Å². The lowest BCUT2D eigenvalue weighted by molar-refractivity contribution is 0.745. The van der Waals surface area contributed by atoms with E-state index in [1.807, 2.05) is 0 Å². The summed E-state index contributed by atoms with van der Waals surface area (Å²) in [5, 5.41) is 10.4. The summed E-state index contributed by atoms with van der Waals surface area (Å²) < 4.78 is 0. The van der Waals surface area contributed by atoms with Crippen LogP contribution >= 0.6 is 0 Å². The van der Waals surface area contributed by atoms with Gasteiger partial charge in [0.25, 0.3) is 0 Å². The molecule has 0 aliphatic rings. The highest BCUT2D eigenvalue weighted by Gasteiger charge is 2.39. The van der Waals surface area contributed by atoms with Crippen molar-refractivity contribution in [1.82, 2.24) is 0 Å². The van der Waals surface area contributed by atoms with E-state index in [1.54, 1.807) is 0 Å². The molecule has 0 saturated heterocycles. The van der Waals surface area contributed by atoms with Crippen molar-refractivity contribution in [2.45, 2.75) is 112 Å². The summed E-state index contributed by atoms with van der Waals surface area (Å²) >= 11 is 0. The van der Waals surface area contributed by atoms with E-state index in [2.05, 4.69) is 393 Å². The van der Waals surface area contributed by atoms with Crippen molar-refractivity contribution in [3.8, 4) is 44.5 Å². The molecular formula is C105H94N2. The molecule has 0 bridgehead atoms. The van der Waals surface area contributed by atoms with Crippen molar-refractivity contribution in [3.63, 3.8) is 0 Å². The van der Waals surface area contributed by atoms with Crippen LogP contribution < -0.4 is 9.80 Å². The molecule has 0 amide bonds. The van der Waals surface area contributed by atoms with E-state index >= 15 is 0 Å². The first kappa shape index (κ1) is 69.5. The van der Waals surface area contributed by atoms with Gasteiger partial charge in [-0.05, 0) is 281 Å². The van der Waals surface area contributed by atoms with E-state index in [0.717, 1.165) is 96.6 Å². The third-order valence-electron chi connectivity index (χ3n) is 22.2. The second-order valence-electron chi connectivity index (χ2n) is 29.7. The summed E-state index contributed by atoms with van der Waals surface area (Å²) in [4.78, 5) is 5.02. The second kappa shape index (κ2) is 30.3. The number of fused-ring (bicyclic) bond motifs is 4. The fourth-order valence-electron chi connectivity index (χ4n) is 17.6. The molecule has 16 rings (SSSR count). The van der Waals surface area contributed by atoms with E-state index in [9.17, 15) is 0 Å². The summed E-state index contributed by atoms with van der Waals surface area (Å²) in [6.45, 7) is 18.1. The summed E-state index contributed by atoms with van der Waals surface area (Å²) in [7, 11) is 0. The number of nitrogens with zero attached hydrogens (tertiary/aromatic N) is 2. The fourth-order valence-corrected chi connectivity index (χ4v) is 17.6. The third kappa shape index (κ3) is 13.4. The monoisotopic (exact) mass is 1380 g/mol. The van der Waals surface area contributed by atoms with E-state index in [4.69, 9.17) is 0 Å². The zero-order valence-corrected chi connectivity index (χ0v) is 63.2. The Labute approximate surface area is 634 Å². The number of aryl methyl sites for hydroxylation is 8. The highest BCUT2D eigenvalue weighted by Crippen LogP contribution is 2.50. The van der Waals surface area contributed by atoms with Crippen LogP contribution in [-0.2, 0) is 31.1 Å². The van der Waals surface area contributed by atoms with Gasteiger partial charge in [0.15, 0.2) is 0 Å². The van der Waals surface area contributed by atoms with Crippen LogP contribution in [0.2, 0.25) is 0 Å². The predicted octanol–water partition coefficient (Wildman–Crippen LogP) is 29.3. The lowest BCUT2D eigenvalue weighted by Gasteiger charge is -2.38. The molecule has 0 saturated carbocycles. The zero-order chi connectivity index (χ0) is 73.1. The Hall–Kier alpha value is -11.8. The van der Waals surface area contributed by atoms with Crippen molar-refractivity contribution in [2.75, 3.05) is 9.80 Å². The molecule has 0 N–H and O–H groups in total. The summed E-state index contributed by atoms with van der Waals surface area (Å²) in [5.41, 5.74) is 30.6. The van der Waals surface area contributed by atoms with Gasteiger partial charge in [0.05, 0.1) is 5.41 Å². The average molecular weight is 1380 g/mol. The molecule has 16 aromatic carbocycles. The quantitative estimate of drug-likeness (QED) is 0.0624. The van der Waals surface area contributed by atoms with Gasteiger partial charge < -0.3 is 9.80 Å². The number of hydrogen-bond donors (Lipinski definition) is 0. The van der Waals surface area contributed by atoms with Crippen molar-refractivity contribution < 1.29 is 0 Å². The predicted molar refractivity (Wildman–Crippen MR) is 461 cm³/mol. The van der Waals surface area contributed by atoms with Gasteiger partial charge in [0.1, 0.15) is 0 Å². The van der Waals surface area contributed by atoms with E-state index < -0.39 is 5.41 Å². The van der Waals surface area contributed by atoms with Crippen LogP contribution in [0.5, 0.6) is 0 Å². The molecular weight excluding hydrogens is 1290 g/mol. The summed E-state index contributed by atoms with van der Waals surface area (Å²) in [6, 6.07) is 125. The molecule has 524 valence electrons. The Morgan fingerprint density at radius 2 is 0.430 bits per heavy atom. The van der Waals surface area contributed by atoms with Crippen molar-refractivity contribution in [2.24, 2.45) is 0 Å². The van der Waals surface area contributed by atoms with Gasteiger partial charge in [0.2, 0.25) is 0 Å². The molecule has 2 nitrogen and oxygen atoms in total. The molecule has 0 aromatic heterocycles. The van der Waals surface area contributed by atoms with Gasteiger partial charge in [-0.25, -0.2) is 0 Å². The molecule has 0 heterocycles. The van der Waals surface area contributed by atoms with Crippen LogP contribution in [0.15, 0.2) is 328 Å². The van der Waals surface area contributed by atoms with Gasteiger partial charge in [-0.15, -0.1) is 0 Å². The highest BCUT2D eigenvalue weighted by atomic mass is 15.1. The molecule has 2 heteroatoms. The van der Waals surface area contributed by atoms with Crippen LogP contribution in [0, 0.1) is 27.7 Å². The number of benzene rings is 16. The lowest BCUT2D eigenvalue weighted by atomic mass is 9.65. The minimum atomic E-state index is -0.763. The molecule has 0 atom stereocenters. The first-order chi connectivity index (χ1) is 52.5. The minimum absolute atomic E-state index is 0.763. The van der Waals surface area contributed by atoms with Gasteiger partial charge in [0, 0.05) is 34.1 Å². The Bertz CT molecular complexity index is 5280. The van der Waals surface area contributed by atoms with E-state index in [0.29, 0.717) is 0 Å². The maximum absolute atomic E-state index is 2.51. The Morgan fingerprint density at radius 3 is 0.673 bits per heavy atom. The largest absolute Gasteiger partial charge is 0.310 e. The van der Waals surface area contributed by atoms with Crippen LogP contribution in [0.1, 0.15) is 120 Å². The van der Waals surface area contributed by atoms with Crippen molar-refractivity contribution in [1.29, 1.82) is 0 Å². The minimum Gasteiger partial charge on any atom is -0.310 e. The lowest BCUT2D eigenvalue weighted by Crippen LogP contribution is -2.31. The smallest absolute Gasteiger partial charge is 0.0701 e. The third-order valence-corrected chi connectivity index (χ3v) is 22.2. The summed E-state index contributed by atoms with van der Waals surface area (Å²) in [5.74, 6) is 0. The molecule has 0 unspecified atom stereocenters. The van der Waals surface area contributed by atoms with Crippen molar-refractivity contribution in [3.05, 3.63) is 394 Å². The van der Waals surface area contributed by atoms with E-state index in [1.165, 1.54) is 143 Å². The highest BCUT2D eigenvalue weighted by molar-refractivity contribution is 6.04. The fraction of sp³-hybridized carbons (Fsp3) is 0.162. The zero-order valence-electron chi connectivity index (χ0n) is 63.2. The molecule has 0 aliphatic heterocycles. The molecule has 0 spiro atoms. The van der Waals surface area contributed by atoms with Gasteiger partial charge in [-0.3, -0.25) is 0 Å². The molecule has 0 aliphatic carbocycles. The SMILES string of the molecule is CCCc1ccc(-c2cc(C)cc(N(c3ccc(C(c4ccccc4)(c4ccccc4)c4ccc(N(c5cc(C)cc(-c6ccc(CCC)c7ccccc67)c5)c5cc(C)cc(-c6ccc(CCC)c7ccccc67)c5)cc4)cc3)c3cc(C)cc(-c4ccc(CCC)c5ccccc45)c3)c2)c2ccccc12. The Kier molecular flexibility index (Phi) is 19.7. The van der Waals surface area contributed by atoms with Crippen LogP contribution in [-0.4, -0.2) is 0 Å². The number of anilines is 6. The van der Waals surface area contributed by atoms with Gasteiger partial charge in [-0.1, -0.05) is 308 Å². The normalized spacial score (nSPS) is 11.7. The van der Waals surface area contributed by atoms with Crippen LogP contribution in [0.4, 0.5) is 34.1 Å². The molecule has 0 radical (unpaired) electrons. The summed E-state index contributed by atoms with van der Waals surface area (Å²) in [6.07, 6.45) is 8.55. The number of hydrogen-bond acceptors (Lipinski definition) is 2. The average Bonchev–Trinajstić information content (AvgIpc) is 0.729. The topological polar surface area (TPSA) is 6.48 Å². The first-order valence-corrected chi connectivity index (χ1v) is 38.9. The van der Waals surface area contributed by atoms with E-state index in [-0.39, 0.29) is 0 Å². The Morgan fingerprint density at radius 1 is 0.206 bits per heavy atom.